The number of nitrogens with zero attached hydrogens (tertiary/aromatic N) is 5. The first-order valence-corrected chi connectivity index (χ1v) is 11.4. The van der Waals surface area contributed by atoms with E-state index in [0.29, 0.717) is 65.9 Å². The third-order valence-corrected chi connectivity index (χ3v) is 6.01. The Kier molecular flexibility index (Phi) is 7.02. The number of aromatic nitrogens is 3. The van der Waals surface area contributed by atoms with Crippen LogP contribution in [0.3, 0.4) is 0 Å². The number of pyridine rings is 1. The molecule has 0 bridgehead atoms. The van der Waals surface area contributed by atoms with Gasteiger partial charge in [0.1, 0.15) is 23.3 Å². The summed E-state index contributed by atoms with van der Waals surface area (Å²) in [7, 11) is 0. The minimum atomic E-state index is -2.57. The lowest BCUT2D eigenvalue weighted by molar-refractivity contribution is 0.0743. The first-order chi connectivity index (χ1) is 15.9. The number of amides is 1. The molecule has 1 fully saturated rings. The molecular formula is C23H24F2N6OS. The molecule has 1 aliphatic rings. The summed E-state index contributed by atoms with van der Waals surface area (Å²) >= 11 is 0.399. The highest BCUT2D eigenvalue weighted by atomic mass is 32.2. The van der Waals surface area contributed by atoms with Gasteiger partial charge in [-0.2, -0.15) is 8.78 Å². The molecule has 1 aliphatic heterocycles. The van der Waals surface area contributed by atoms with Gasteiger partial charge in [-0.1, -0.05) is 23.9 Å². The van der Waals surface area contributed by atoms with Crippen molar-refractivity contribution in [2.45, 2.75) is 24.5 Å². The highest BCUT2D eigenvalue weighted by Gasteiger charge is 2.25. The van der Waals surface area contributed by atoms with Crippen LogP contribution in [0.1, 0.15) is 21.7 Å². The van der Waals surface area contributed by atoms with Crippen LogP contribution in [0.5, 0.6) is 0 Å². The van der Waals surface area contributed by atoms with Crippen molar-refractivity contribution in [1.29, 1.82) is 0 Å². The van der Waals surface area contributed by atoms with Crippen LogP contribution in [-0.2, 0) is 0 Å². The van der Waals surface area contributed by atoms with Gasteiger partial charge < -0.3 is 15.1 Å². The summed E-state index contributed by atoms with van der Waals surface area (Å²) in [6, 6.07) is 12.2. The number of alkyl halides is 2. The highest BCUT2D eigenvalue weighted by Crippen LogP contribution is 2.29. The molecular weight excluding hydrogens is 446 g/mol. The van der Waals surface area contributed by atoms with Crippen molar-refractivity contribution >= 4 is 35.1 Å². The maximum atomic E-state index is 13.0. The van der Waals surface area contributed by atoms with Crippen LogP contribution in [-0.4, -0.2) is 57.7 Å². The topological polar surface area (TPSA) is 74.2 Å². The number of anilines is 3. The second kappa shape index (κ2) is 10.1. The molecule has 1 amide bonds. The first kappa shape index (κ1) is 22.9. The van der Waals surface area contributed by atoms with Crippen LogP contribution in [0.4, 0.5) is 26.2 Å². The number of hydrogen-bond acceptors (Lipinski definition) is 7. The average Bonchev–Trinajstić information content (AvgIpc) is 2.78. The number of hydrogen-bond donors (Lipinski definition) is 1. The van der Waals surface area contributed by atoms with Gasteiger partial charge in [0.15, 0.2) is 0 Å². The van der Waals surface area contributed by atoms with E-state index in [9.17, 15) is 13.6 Å². The van der Waals surface area contributed by atoms with Crippen molar-refractivity contribution in [3.05, 3.63) is 65.6 Å². The Balaban J connectivity index is 1.44. The average molecular weight is 471 g/mol. The summed E-state index contributed by atoms with van der Waals surface area (Å²) in [5.41, 5.74) is 1.40. The van der Waals surface area contributed by atoms with Crippen LogP contribution in [0, 0.1) is 13.8 Å². The van der Waals surface area contributed by atoms with Crippen molar-refractivity contribution in [1.82, 2.24) is 19.9 Å². The molecule has 3 heterocycles. The van der Waals surface area contributed by atoms with E-state index < -0.39 is 5.76 Å². The van der Waals surface area contributed by atoms with Gasteiger partial charge in [-0.3, -0.25) is 4.79 Å². The number of piperazine rings is 1. The standard InChI is InChI=1S/C23H24F2N6OS/c1-15-7-8-26-19(13-15)29-20-14-21(28-16(2)27-20)30-9-11-31(12-10-30)22(32)17-5-3-4-6-18(17)33-23(24)25/h3-8,13-14,23H,9-12H2,1-2H3,(H,26,27,28,29). The third kappa shape index (κ3) is 5.75. The predicted octanol–water partition coefficient (Wildman–Crippen LogP) is 4.51. The van der Waals surface area contributed by atoms with Gasteiger partial charge in [0.2, 0.25) is 0 Å². The maximum absolute atomic E-state index is 13.0. The number of halogens is 2. The minimum Gasteiger partial charge on any atom is -0.353 e. The molecule has 2 aromatic heterocycles. The van der Waals surface area contributed by atoms with Gasteiger partial charge in [-0.25, -0.2) is 15.0 Å². The SMILES string of the molecule is Cc1ccnc(Nc2cc(N3CCN(C(=O)c4ccccc4SC(F)F)CC3)nc(C)n2)c1. The molecule has 172 valence electrons. The van der Waals surface area contributed by atoms with E-state index >= 15 is 0 Å². The normalized spacial score (nSPS) is 14.0. The Labute approximate surface area is 195 Å². The van der Waals surface area contributed by atoms with Gasteiger partial charge in [0.05, 0.1) is 5.56 Å². The lowest BCUT2D eigenvalue weighted by Gasteiger charge is -2.35. The highest BCUT2D eigenvalue weighted by molar-refractivity contribution is 7.99. The van der Waals surface area contributed by atoms with Crippen LogP contribution in [0.25, 0.3) is 0 Å². The van der Waals surface area contributed by atoms with Crippen LogP contribution in [0.15, 0.2) is 53.6 Å². The summed E-state index contributed by atoms with van der Waals surface area (Å²) in [5.74, 6) is -0.0703. The van der Waals surface area contributed by atoms with Gasteiger partial charge in [-0.05, 0) is 43.7 Å². The van der Waals surface area contributed by atoms with Crippen molar-refractivity contribution < 1.29 is 13.6 Å². The minimum absolute atomic E-state index is 0.231. The second-order valence-electron chi connectivity index (χ2n) is 7.66. The summed E-state index contributed by atoms with van der Waals surface area (Å²) in [4.78, 5) is 30.4. The Morgan fingerprint density at radius 2 is 1.79 bits per heavy atom. The molecule has 33 heavy (non-hydrogen) atoms. The van der Waals surface area contributed by atoms with Gasteiger partial charge >= 0.3 is 0 Å². The number of thioether (sulfide) groups is 1. The number of carbonyl (C=O) groups excluding carboxylic acids is 1. The number of aryl methyl sites for hydroxylation is 2. The van der Waals surface area contributed by atoms with Crippen molar-refractivity contribution in [3.63, 3.8) is 0 Å². The summed E-state index contributed by atoms with van der Waals surface area (Å²) < 4.78 is 25.8. The maximum Gasteiger partial charge on any atom is 0.288 e. The monoisotopic (exact) mass is 470 g/mol. The lowest BCUT2D eigenvalue weighted by atomic mass is 10.2. The molecule has 0 spiro atoms. The number of rotatable bonds is 6. The van der Waals surface area contributed by atoms with Gasteiger partial charge in [0.25, 0.3) is 11.7 Å². The molecule has 0 radical (unpaired) electrons. The first-order valence-electron chi connectivity index (χ1n) is 10.5. The zero-order valence-corrected chi connectivity index (χ0v) is 19.1. The fraction of sp³-hybridized carbons (Fsp3) is 0.304. The van der Waals surface area contributed by atoms with Gasteiger partial charge in [0, 0.05) is 43.3 Å². The molecule has 1 N–H and O–H groups in total. The quantitative estimate of drug-likeness (QED) is 0.532. The number of carbonyl (C=O) groups is 1. The van der Waals surface area contributed by atoms with Crippen LogP contribution in [0.2, 0.25) is 0 Å². The predicted molar refractivity (Wildman–Crippen MR) is 125 cm³/mol. The Morgan fingerprint density at radius 3 is 2.52 bits per heavy atom. The molecule has 7 nitrogen and oxygen atoms in total. The van der Waals surface area contributed by atoms with E-state index in [4.69, 9.17) is 0 Å². The summed E-state index contributed by atoms with van der Waals surface area (Å²) in [6.45, 7) is 5.92. The molecule has 0 atom stereocenters. The third-order valence-electron chi connectivity index (χ3n) is 5.22. The lowest BCUT2D eigenvalue weighted by Crippen LogP contribution is -2.49. The zero-order chi connectivity index (χ0) is 23.4. The van der Waals surface area contributed by atoms with Crippen molar-refractivity contribution in [2.24, 2.45) is 0 Å². The van der Waals surface area contributed by atoms with Crippen LogP contribution >= 0.6 is 11.8 Å². The van der Waals surface area contributed by atoms with Crippen molar-refractivity contribution in [2.75, 3.05) is 36.4 Å². The molecule has 4 rings (SSSR count). The van der Waals surface area contributed by atoms with Crippen molar-refractivity contribution in [3.8, 4) is 0 Å². The molecule has 0 unspecified atom stereocenters. The summed E-state index contributed by atoms with van der Waals surface area (Å²) in [6.07, 6.45) is 1.74. The van der Waals surface area contributed by atoms with Gasteiger partial charge in [-0.15, -0.1) is 0 Å². The van der Waals surface area contributed by atoms with E-state index in [-0.39, 0.29) is 5.91 Å². The zero-order valence-electron chi connectivity index (χ0n) is 18.3. The molecule has 1 saturated heterocycles. The Hall–Kier alpha value is -3.27. The fourth-order valence-electron chi connectivity index (χ4n) is 3.66. The van der Waals surface area contributed by atoms with Crippen LogP contribution < -0.4 is 10.2 Å². The Bertz CT molecular complexity index is 1140. The van der Waals surface area contributed by atoms with E-state index in [1.807, 2.05) is 32.0 Å². The Morgan fingerprint density at radius 1 is 1.03 bits per heavy atom. The molecule has 0 aliphatic carbocycles. The molecule has 1 aromatic carbocycles. The van der Waals surface area contributed by atoms with E-state index in [1.54, 1.807) is 35.4 Å². The number of benzene rings is 1. The van der Waals surface area contributed by atoms with E-state index in [2.05, 4.69) is 25.2 Å². The molecule has 3 aromatic rings. The summed E-state index contributed by atoms with van der Waals surface area (Å²) in [5, 5.41) is 3.22. The molecule has 0 saturated carbocycles. The van der Waals surface area contributed by atoms with E-state index in [1.165, 1.54) is 0 Å². The number of nitrogens with one attached hydrogen (secondary N) is 1. The fourth-order valence-corrected chi connectivity index (χ4v) is 4.30. The largest absolute Gasteiger partial charge is 0.353 e. The second-order valence-corrected chi connectivity index (χ2v) is 8.69. The smallest absolute Gasteiger partial charge is 0.288 e. The molecule has 10 heteroatoms. The van der Waals surface area contributed by atoms with E-state index in [0.717, 1.165) is 11.4 Å².